The molecule has 0 aliphatic carbocycles. The highest BCUT2D eigenvalue weighted by atomic mass is 35.5. The fourth-order valence-electron chi connectivity index (χ4n) is 3.44. The Morgan fingerprint density at radius 2 is 1.60 bits per heavy atom. The summed E-state index contributed by atoms with van der Waals surface area (Å²) in [5.41, 5.74) is 1.33. The van der Waals surface area contributed by atoms with E-state index in [4.69, 9.17) is 11.6 Å². The lowest BCUT2D eigenvalue weighted by Crippen LogP contribution is -2.40. The molecule has 0 aliphatic heterocycles. The van der Waals surface area contributed by atoms with Crippen LogP contribution in [0.3, 0.4) is 0 Å². The van der Waals surface area contributed by atoms with Crippen molar-refractivity contribution in [3.8, 4) is 5.69 Å². The van der Waals surface area contributed by atoms with Crippen LogP contribution in [0.2, 0.25) is 5.02 Å². The Labute approximate surface area is 176 Å². The standard InChI is InChI=1S/C22H19ClN4O3/c1-13-5-4-6-16(11-13)27-20-19(21(29)26(3)22(27)30)17(12-18(28)25(20)2)24-15-9-7-14(23)8-10-15/h4-12,24H,1-3H3. The first-order chi connectivity index (χ1) is 14.3. The second-order valence-corrected chi connectivity index (χ2v) is 7.54. The van der Waals surface area contributed by atoms with Gasteiger partial charge in [-0.15, -0.1) is 0 Å². The van der Waals surface area contributed by atoms with Crippen LogP contribution in [0.4, 0.5) is 11.4 Å². The van der Waals surface area contributed by atoms with Crippen LogP contribution in [0.1, 0.15) is 5.56 Å². The van der Waals surface area contributed by atoms with Gasteiger partial charge in [0.1, 0.15) is 11.0 Å². The van der Waals surface area contributed by atoms with Crippen molar-refractivity contribution < 1.29 is 0 Å². The van der Waals surface area contributed by atoms with Gasteiger partial charge in [0.15, 0.2) is 0 Å². The summed E-state index contributed by atoms with van der Waals surface area (Å²) in [6.07, 6.45) is 0. The molecular weight excluding hydrogens is 404 g/mol. The van der Waals surface area contributed by atoms with Crippen molar-refractivity contribution in [2.24, 2.45) is 14.1 Å². The molecule has 0 spiro atoms. The van der Waals surface area contributed by atoms with Gasteiger partial charge in [0.2, 0.25) is 0 Å². The molecule has 4 rings (SSSR count). The maximum Gasteiger partial charge on any atom is 0.336 e. The predicted octanol–water partition coefficient (Wildman–Crippen LogP) is 3.09. The van der Waals surface area contributed by atoms with Crippen LogP contribution in [0.5, 0.6) is 0 Å². The molecule has 0 atom stereocenters. The Kier molecular flexibility index (Phi) is 4.83. The van der Waals surface area contributed by atoms with E-state index in [0.29, 0.717) is 22.1 Å². The first-order valence-electron chi connectivity index (χ1n) is 9.23. The first-order valence-corrected chi connectivity index (χ1v) is 9.61. The van der Waals surface area contributed by atoms with Crippen LogP contribution in [0, 0.1) is 6.92 Å². The summed E-state index contributed by atoms with van der Waals surface area (Å²) in [4.78, 5) is 38.9. The summed E-state index contributed by atoms with van der Waals surface area (Å²) in [5.74, 6) is 0. The van der Waals surface area contributed by atoms with Crippen molar-refractivity contribution in [1.29, 1.82) is 0 Å². The van der Waals surface area contributed by atoms with E-state index in [0.717, 1.165) is 10.1 Å². The molecule has 2 heterocycles. The van der Waals surface area contributed by atoms with Crippen LogP contribution in [-0.4, -0.2) is 13.7 Å². The number of anilines is 2. The van der Waals surface area contributed by atoms with Crippen molar-refractivity contribution in [2.45, 2.75) is 6.92 Å². The normalized spacial score (nSPS) is 11.1. The zero-order valence-corrected chi connectivity index (χ0v) is 17.4. The minimum Gasteiger partial charge on any atom is -0.355 e. The van der Waals surface area contributed by atoms with Gasteiger partial charge in [-0.3, -0.25) is 18.7 Å². The molecule has 2 aromatic carbocycles. The Morgan fingerprint density at radius 1 is 0.900 bits per heavy atom. The van der Waals surface area contributed by atoms with Gasteiger partial charge in [-0.25, -0.2) is 9.36 Å². The molecule has 0 saturated carbocycles. The zero-order valence-electron chi connectivity index (χ0n) is 16.6. The molecule has 1 N–H and O–H groups in total. The molecule has 0 radical (unpaired) electrons. The summed E-state index contributed by atoms with van der Waals surface area (Å²) < 4.78 is 3.74. The first kappa shape index (κ1) is 19.7. The molecule has 0 fully saturated rings. The lowest BCUT2D eigenvalue weighted by Gasteiger charge is -2.18. The van der Waals surface area contributed by atoms with E-state index in [1.165, 1.54) is 22.2 Å². The number of aryl methyl sites for hydroxylation is 2. The Bertz CT molecular complexity index is 1460. The maximum atomic E-state index is 13.1. The number of nitrogens with one attached hydrogen (secondary N) is 1. The third-order valence-corrected chi connectivity index (χ3v) is 5.25. The van der Waals surface area contributed by atoms with Crippen molar-refractivity contribution in [3.05, 3.63) is 96.4 Å². The van der Waals surface area contributed by atoms with Gasteiger partial charge in [0, 0.05) is 30.9 Å². The molecule has 2 aromatic heterocycles. The molecule has 7 nitrogen and oxygen atoms in total. The number of nitrogens with zero attached hydrogens (tertiary/aromatic N) is 3. The van der Waals surface area contributed by atoms with E-state index in [-0.39, 0.29) is 16.6 Å². The predicted molar refractivity (Wildman–Crippen MR) is 119 cm³/mol. The van der Waals surface area contributed by atoms with E-state index in [1.54, 1.807) is 37.4 Å². The van der Waals surface area contributed by atoms with Crippen LogP contribution in [0.25, 0.3) is 16.7 Å². The lowest BCUT2D eigenvalue weighted by molar-refractivity contribution is 0.729. The van der Waals surface area contributed by atoms with Gasteiger partial charge in [0.25, 0.3) is 11.1 Å². The number of hydrogen-bond acceptors (Lipinski definition) is 4. The number of pyridine rings is 1. The highest BCUT2D eigenvalue weighted by Gasteiger charge is 2.19. The number of hydrogen-bond donors (Lipinski definition) is 1. The minimum absolute atomic E-state index is 0.220. The molecule has 152 valence electrons. The molecule has 4 aromatic rings. The molecule has 0 unspecified atom stereocenters. The van der Waals surface area contributed by atoms with Crippen molar-refractivity contribution in [3.63, 3.8) is 0 Å². The Balaban J connectivity index is 2.13. The number of benzene rings is 2. The monoisotopic (exact) mass is 422 g/mol. The second-order valence-electron chi connectivity index (χ2n) is 7.11. The van der Waals surface area contributed by atoms with Gasteiger partial charge in [-0.2, -0.15) is 0 Å². The highest BCUT2D eigenvalue weighted by Crippen LogP contribution is 2.24. The fourth-order valence-corrected chi connectivity index (χ4v) is 3.57. The Morgan fingerprint density at radius 3 is 2.27 bits per heavy atom. The maximum absolute atomic E-state index is 13.1. The summed E-state index contributed by atoms with van der Waals surface area (Å²) >= 11 is 5.95. The number of aromatic nitrogens is 3. The van der Waals surface area contributed by atoms with Crippen LogP contribution >= 0.6 is 11.6 Å². The molecular formula is C22H19ClN4O3. The van der Waals surface area contributed by atoms with Crippen LogP contribution in [0.15, 0.2) is 69.0 Å². The number of rotatable bonds is 3. The Hall–Kier alpha value is -3.58. The number of halogens is 1. The van der Waals surface area contributed by atoms with Crippen LogP contribution < -0.4 is 22.1 Å². The molecule has 8 heteroatoms. The smallest absolute Gasteiger partial charge is 0.336 e. The van der Waals surface area contributed by atoms with E-state index < -0.39 is 11.2 Å². The van der Waals surface area contributed by atoms with Gasteiger partial charge < -0.3 is 5.32 Å². The molecule has 0 amide bonds. The molecule has 0 saturated heterocycles. The van der Waals surface area contributed by atoms with Gasteiger partial charge in [0.05, 0.1) is 11.4 Å². The average molecular weight is 423 g/mol. The van der Waals surface area contributed by atoms with E-state index >= 15 is 0 Å². The minimum atomic E-state index is -0.531. The lowest BCUT2D eigenvalue weighted by atomic mass is 10.2. The number of fused-ring (bicyclic) bond motifs is 1. The molecule has 30 heavy (non-hydrogen) atoms. The largest absolute Gasteiger partial charge is 0.355 e. The van der Waals surface area contributed by atoms with E-state index in [2.05, 4.69) is 5.32 Å². The van der Waals surface area contributed by atoms with E-state index in [9.17, 15) is 14.4 Å². The SMILES string of the molecule is Cc1cccc(-n2c(=O)n(C)c(=O)c3c(Nc4ccc(Cl)cc4)cc(=O)n(C)c32)c1. The third-order valence-electron chi connectivity index (χ3n) is 5.00. The van der Waals surface area contributed by atoms with E-state index in [1.807, 2.05) is 25.1 Å². The van der Waals surface area contributed by atoms with Crippen molar-refractivity contribution in [1.82, 2.24) is 13.7 Å². The molecule has 0 bridgehead atoms. The second kappa shape index (κ2) is 7.35. The fraction of sp³-hybridized carbons (Fsp3) is 0.136. The summed E-state index contributed by atoms with van der Waals surface area (Å²) in [6.45, 7) is 1.91. The summed E-state index contributed by atoms with van der Waals surface area (Å²) in [6, 6.07) is 15.6. The third kappa shape index (κ3) is 3.23. The van der Waals surface area contributed by atoms with Gasteiger partial charge >= 0.3 is 5.69 Å². The average Bonchev–Trinajstić information content (AvgIpc) is 2.71. The van der Waals surface area contributed by atoms with Crippen molar-refractivity contribution >= 4 is 34.0 Å². The summed E-state index contributed by atoms with van der Waals surface area (Å²) in [5, 5.41) is 3.92. The van der Waals surface area contributed by atoms with Crippen LogP contribution in [-0.2, 0) is 14.1 Å². The topological polar surface area (TPSA) is 78.0 Å². The zero-order chi connectivity index (χ0) is 21.6. The van der Waals surface area contributed by atoms with Gasteiger partial charge in [-0.05, 0) is 48.9 Å². The van der Waals surface area contributed by atoms with Crippen molar-refractivity contribution in [2.75, 3.05) is 5.32 Å². The molecule has 0 aliphatic rings. The van der Waals surface area contributed by atoms with Gasteiger partial charge in [-0.1, -0.05) is 23.7 Å². The highest BCUT2D eigenvalue weighted by molar-refractivity contribution is 6.30. The quantitative estimate of drug-likeness (QED) is 0.550. The summed E-state index contributed by atoms with van der Waals surface area (Å²) in [7, 11) is 2.97.